The number of likely N-dealkylation sites (tertiary alicyclic amines) is 1. The molecule has 0 aromatic heterocycles. The third kappa shape index (κ3) is 4.27. The molecule has 176 valence electrons. The number of nitriles is 1. The van der Waals surface area contributed by atoms with Gasteiger partial charge in [-0.05, 0) is 35.7 Å². The third-order valence-electron chi connectivity index (χ3n) is 6.80. The van der Waals surface area contributed by atoms with Crippen LogP contribution >= 0.6 is 0 Å². The predicted octanol–water partition coefficient (Wildman–Crippen LogP) is 2.85. The van der Waals surface area contributed by atoms with E-state index in [1.54, 1.807) is 29.2 Å². The lowest BCUT2D eigenvalue weighted by Crippen LogP contribution is -2.59. The minimum Gasteiger partial charge on any atom is -0.478 e. The molecule has 0 bridgehead atoms. The van der Waals surface area contributed by atoms with Crippen LogP contribution in [0.5, 0.6) is 0 Å². The maximum Gasteiger partial charge on any atom is 0.336 e. The Bertz CT molecular complexity index is 1160. The lowest BCUT2D eigenvalue weighted by molar-refractivity contribution is -0.134. The molecule has 1 spiro atoms. The molecule has 8 nitrogen and oxygen atoms in total. The van der Waals surface area contributed by atoms with Gasteiger partial charge in [-0.3, -0.25) is 14.9 Å². The molecule has 34 heavy (non-hydrogen) atoms. The Balaban J connectivity index is 1.57. The molecule has 2 aromatic carbocycles. The van der Waals surface area contributed by atoms with Gasteiger partial charge in [-0.15, -0.1) is 0 Å². The summed E-state index contributed by atoms with van der Waals surface area (Å²) in [5.74, 6) is -1.33. The van der Waals surface area contributed by atoms with Crippen LogP contribution < -0.4 is 5.32 Å². The number of benzene rings is 2. The molecule has 2 amide bonds. The monoisotopic (exact) mass is 460 g/mol. The maximum atomic E-state index is 13.4. The number of carboxylic acid groups (broad SMARTS) is 1. The summed E-state index contributed by atoms with van der Waals surface area (Å²) in [5.41, 5.74) is 0.987. The molecule has 1 unspecified atom stereocenters. The van der Waals surface area contributed by atoms with Gasteiger partial charge in [-0.1, -0.05) is 38.1 Å². The van der Waals surface area contributed by atoms with Crippen molar-refractivity contribution in [1.82, 2.24) is 15.1 Å². The zero-order valence-electron chi connectivity index (χ0n) is 19.3. The molecule has 2 heterocycles. The molecule has 2 aromatic rings. The van der Waals surface area contributed by atoms with Crippen molar-refractivity contribution in [2.45, 2.75) is 44.9 Å². The second kappa shape index (κ2) is 9.27. The topological polar surface area (TPSA) is 114 Å². The van der Waals surface area contributed by atoms with Crippen molar-refractivity contribution in [3.8, 4) is 6.07 Å². The molecule has 8 heteroatoms. The van der Waals surface area contributed by atoms with Crippen LogP contribution in [0.15, 0.2) is 48.5 Å². The first-order chi connectivity index (χ1) is 16.3. The fourth-order valence-electron chi connectivity index (χ4n) is 4.93. The van der Waals surface area contributed by atoms with Crippen LogP contribution in [-0.4, -0.2) is 57.5 Å². The van der Waals surface area contributed by atoms with E-state index in [4.69, 9.17) is 0 Å². The van der Waals surface area contributed by atoms with Gasteiger partial charge in [0.2, 0.25) is 5.91 Å². The lowest BCUT2D eigenvalue weighted by atomic mass is 9.94. The zero-order chi connectivity index (χ0) is 24.5. The predicted molar refractivity (Wildman–Crippen MR) is 125 cm³/mol. The van der Waals surface area contributed by atoms with Gasteiger partial charge in [0.25, 0.3) is 5.91 Å². The van der Waals surface area contributed by atoms with E-state index < -0.39 is 11.6 Å². The highest BCUT2D eigenvalue weighted by atomic mass is 16.4. The maximum absolute atomic E-state index is 13.4. The molecular formula is C26H28N4O4. The zero-order valence-corrected chi connectivity index (χ0v) is 19.3. The molecule has 4 rings (SSSR count). The molecule has 2 saturated heterocycles. The molecular weight excluding hydrogens is 432 g/mol. The third-order valence-corrected chi connectivity index (χ3v) is 6.80. The van der Waals surface area contributed by atoms with E-state index in [1.807, 2.05) is 30.9 Å². The molecule has 0 saturated carbocycles. The number of hydrogen-bond acceptors (Lipinski definition) is 5. The van der Waals surface area contributed by atoms with Crippen molar-refractivity contribution in [2.24, 2.45) is 5.92 Å². The number of carboxylic acids is 1. The minimum atomic E-state index is -1.13. The summed E-state index contributed by atoms with van der Waals surface area (Å²) in [6, 6.07) is 15.3. The van der Waals surface area contributed by atoms with Gasteiger partial charge < -0.3 is 14.9 Å². The van der Waals surface area contributed by atoms with Crippen LogP contribution in [0.1, 0.15) is 58.5 Å². The van der Waals surface area contributed by atoms with Crippen molar-refractivity contribution < 1.29 is 19.5 Å². The van der Waals surface area contributed by atoms with Gasteiger partial charge in [0.05, 0.1) is 34.5 Å². The van der Waals surface area contributed by atoms with E-state index in [0.717, 1.165) is 5.56 Å². The summed E-state index contributed by atoms with van der Waals surface area (Å²) < 4.78 is 0. The summed E-state index contributed by atoms with van der Waals surface area (Å²) in [6.07, 6.45) is 1.06. The number of hydrogen-bond donors (Lipinski definition) is 2. The van der Waals surface area contributed by atoms with Gasteiger partial charge in [-0.2, -0.15) is 5.26 Å². The van der Waals surface area contributed by atoms with Gasteiger partial charge >= 0.3 is 5.97 Å². The summed E-state index contributed by atoms with van der Waals surface area (Å²) in [6.45, 7) is 5.18. The fourth-order valence-corrected chi connectivity index (χ4v) is 4.93. The summed E-state index contributed by atoms with van der Waals surface area (Å²) in [5, 5.41) is 22.3. The Labute approximate surface area is 198 Å². The average Bonchev–Trinajstić information content (AvgIpc) is 3.10. The van der Waals surface area contributed by atoms with Crippen molar-refractivity contribution in [1.29, 1.82) is 5.26 Å². The van der Waals surface area contributed by atoms with Crippen molar-refractivity contribution >= 4 is 17.8 Å². The van der Waals surface area contributed by atoms with E-state index >= 15 is 0 Å². The van der Waals surface area contributed by atoms with E-state index in [-0.39, 0.29) is 34.9 Å². The Hall–Kier alpha value is -3.70. The molecule has 0 radical (unpaired) electrons. The Kier molecular flexibility index (Phi) is 6.40. The highest BCUT2D eigenvalue weighted by Gasteiger charge is 2.52. The highest BCUT2D eigenvalue weighted by Crippen LogP contribution is 2.36. The van der Waals surface area contributed by atoms with Gasteiger partial charge in [0.1, 0.15) is 0 Å². The summed E-state index contributed by atoms with van der Waals surface area (Å²) in [7, 11) is 0. The fraction of sp³-hybridized carbons (Fsp3) is 0.385. The van der Waals surface area contributed by atoms with Crippen molar-refractivity contribution in [3.63, 3.8) is 0 Å². The van der Waals surface area contributed by atoms with Crippen molar-refractivity contribution in [3.05, 3.63) is 70.8 Å². The van der Waals surface area contributed by atoms with E-state index in [1.165, 1.54) is 12.1 Å². The van der Waals surface area contributed by atoms with Crippen LogP contribution in [0, 0.1) is 17.2 Å². The number of piperidine rings is 1. The number of amides is 2. The SMILES string of the molecule is CC(C)C1NC2(CCN(C(=O)c3ccccc3C(=O)O)CC2)N(Cc2cccc(C#N)c2)C1=O. The smallest absolute Gasteiger partial charge is 0.336 e. The number of nitrogens with zero attached hydrogens (tertiary/aromatic N) is 3. The number of carbonyl (C=O) groups excluding carboxylic acids is 2. The van der Waals surface area contributed by atoms with Gasteiger partial charge in [-0.25, -0.2) is 4.79 Å². The molecule has 2 N–H and O–H groups in total. The molecule has 2 fully saturated rings. The average molecular weight is 461 g/mol. The van der Waals surface area contributed by atoms with Gasteiger partial charge in [0, 0.05) is 32.5 Å². The van der Waals surface area contributed by atoms with E-state index in [2.05, 4.69) is 11.4 Å². The van der Waals surface area contributed by atoms with Crippen LogP contribution in [0.25, 0.3) is 0 Å². The quantitative estimate of drug-likeness (QED) is 0.709. The van der Waals surface area contributed by atoms with E-state index in [9.17, 15) is 24.8 Å². The van der Waals surface area contributed by atoms with Crippen LogP contribution in [0.4, 0.5) is 0 Å². The van der Waals surface area contributed by atoms with Crippen LogP contribution in [-0.2, 0) is 11.3 Å². The van der Waals surface area contributed by atoms with E-state index in [0.29, 0.717) is 38.0 Å². The number of aromatic carboxylic acids is 1. The Morgan fingerprint density at radius 3 is 2.44 bits per heavy atom. The molecule has 1 atom stereocenters. The Morgan fingerprint density at radius 1 is 1.15 bits per heavy atom. The molecule has 2 aliphatic heterocycles. The summed E-state index contributed by atoms with van der Waals surface area (Å²) >= 11 is 0. The van der Waals surface area contributed by atoms with Crippen molar-refractivity contribution in [2.75, 3.05) is 13.1 Å². The first kappa shape index (κ1) is 23.5. The first-order valence-corrected chi connectivity index (χ1v) is 11.5. The Morgan fingerprint density at radius 2 is 1.82 bits per heavy atom. The molecule has 2 aliphatic rings. The normalized spacial score (nSPS) is 19.5. The first-order valence-electron chi connectivity index (χ1n) is 11.5. The number of carbonyl (C=O) groups is 3. The number of nitrogens with one attached hydrogen (secondary N) is 1. The minimum absolute atomic E-state index is 0.0131. The standard InChI is InChI=1S/C26H28N4O4/c1-17(2)22-24(32)30(16-19-7-5-6-18(14-19)15-27)26(28-22)10-12-29(13-11-26)23(31)20-8-3-4-9-21(20)25(33)34/h3-9,14,17,22,28H,10-13,16H2,1-2H3,(H,33,34). The lowest BCUT2D eigenvalue weighted by Gasteiger charge is -2.45. The largest absolute Gasteiger partial charge is 0.478 e. The highest BCUT2D eigenvalue weighted by molar-refractivity contribution is 6.04. The van der Waals surface area contributed by atoms with Gasteiger partial charge in [0.15, 0.2) is 0 Å². The second-order valence-electron chi connectivity index (χ2n) is 9.28. The number of rotatable bonds is 5. The van der Waals surface area contributed by atoms with Crippen LogP contribution in [0.2, 0.25) is 0 Å². The second-order valence-corrected chi connectivity index (χ2v) is 9.28. The van der Waals surface area contributed by atoms with Crippen LogP contribution in [0.3, 0.4) is 0 Å². The molecule has 0 aliphatic carbocycles. The summed E-state index contributed by atoms with van der Waals surface area (Å²) in [4.78, 5) is 41.6.